The fourth-order valence-electron chi connectivity index (χ4n) is 3.80. The standard InChI is InChI=1S/C28H25ClN6O2S/c1-19-4-7-21(8-5-19)38-25-9-6-20(15-23(25)29)33-28-22-16-26(30-17-24(22)31-18-32-28)34-27(36)3-2-10-35-11-13-37-14-12-35/h4-9,15-18H,10-14H2,1H3,(H,30,34,36)(H,31,32,33). The number of nitrogens with one attached hydrogen (secondary N) is 2. The van der Waals surface area contributed by atoms with E-state index in [0.29, 0.717) is 47.3 Å². The topological polar surface area (TPSA) is 92.3 Å². The number of hydrogen-bond acceptors (Lipinski definition) is 8. The molecule has 8 nitrogen and oxygen atoms in total. The first kappa shape index (κ1) is 25.9. The number of aryl methyl sites for hydroxylation is 1. The number of morpholine rings is 1. The van der Waals surface area contributed by atoms with Crippen LogP contribution in [0.4, 0.5) is 17.3 Å². The van der Waals surface area contributed by atoms with E-state index in [1.54, 1.807) is 24.0 Å². The van der Waals surface area contributed by atoms with E-state index in [2.05, 4.69) is 73.5 Å². The van der Waals surface area contributed by atoms with Gasteiger partial charge in [0.05, 0.1) is 36.5 Å². The summed E-state index contributed by atoms with van der Waals surface area (Å²) in [5.74, 6) is 6.05. The summed E-state index contributed by atoms with van der Waals surface area (Å²) in [6.07, 6.45) is 3.05. The fourth-order valence-corrected chi connectivity index (χ4v) is 4.91. The highest BCUT2D eigenvalue weighted by atomic mass is 35.5. The van der Waals surface area contributed by atoms with Crippen LogP contribution >= 0.6 is 23.4 Å². The first-order chi connectivity index (χ1) is 18.5. The minimum Gasteiger partial charge on any atom is -0.379 e. The maximum absolute atomic E-state index is 12.4. The molecule has 10 heteroatoms. The van der Waals surface area contributed by atoms with E-state index in [9.17, 15) is 4.79 Å². The summed E-state index contributed by atoms with van der Waals surface area (Å²) in [4.78, 5) is 29.6. The van der Waals surface area contributed by atoms with Crippen LogP contribution in [-0.2, 0) is 9.53 Å². The predicted molar refractivity (Wildman–Crippen MR) is 151 cm³/mol. The fraction of sp³-hybridized carbons (Fsp3) is 0.214. The predicted octanol–water partition coefficient (Wildman–Crippen LogP) is 5.16. The van der Waals surface area contributed by atoms with E-state index in [4.69, 9.17) is 16.3 Å². The van der Waals surface area contributed by atoms with E-state index in [1.807, 2.05) is 18.2 Å². The van der Waals surface area contributed by atoms with Gasteiger partial charge in [0.1, 0.15) is 18.0 Å². The molecule has 1 saturated heterocycles. The quantitative estimate of drug-likeness (QED) is 0.322. The van der Waals surface area contributed by atoms with E-state index >= 15 is 0 Å². The van der Waals surface area contributed by atoms with Crippen LogP contribution in [0.5, 0.6) is 0 Å². The molecule has 2 aromatic heterocycles. The Morgan fingerprint density at radius 3 is 2.71 bits per heavy atom. The molecule has 192 valence electrons. The van der Waals surface area contributed by atoms with Gasteiger partial charge in [-0.2, -0.15) is 0 Å². The summed E-state index contributed by atoms with van der Waals surface area (Å²) in [6, 6.07) is 15.8. The number of hydrogen-bond donors (Lipinski definition) is 2. The molecule has 0 aliphatic carbocycles. The molecule has 1 fully saturated rings. The number of benzene rings is 2. The molecule has 0 atom stereocenters. The van der Waals surface area contributed by atoms with Gasteiger partial charge in [-0.25, -0.2) is 15.0 Å². The van der Waals surface area contributed by atoms with Crippen LogP contribution in [-0.4, -0.2) is 58.6 Å². The van der Waals surface area contributed by atoms with E-state index in [1.165, 1.54) is 11.9 Å². The highest BCUT2D eigenvalue weighted by molar-refractivity contribution is 7.99. The zero-order valence-corrected chi connectivity index (χ0v) is 22.3. The average molecular weight is 545 g/mol. The molecule has 2 N–H and O–H groups in total. The number of aromatic nitrogens is 3. The van der Waals surface area contributed by atoms with Gasteiger partial charge in [-0.15, -0.1) is 0 Å². The second-order valence-electron chi connectivity index (χ2n) is 8.64. The molecule has 0 unspecified atom stereocenters. The first-order valence-electron chi connectivity index (χ1n) is 12.1. The normalized spacial score (nSPS) is 13.5. The summed E-state index contributed by atoms with van der Waals surface area (Å²) in [5, 5.41) is 7.37. The number of fused-ring (bicyclic) bond motifs is 1. The van der Waals surface area contributed by atoms with Gasteiger partial charge in [-0.1, -0.05) is 47.0 Å². The number of nitrogens with zero attached hydrogens (tertiary/aromatic N) is 4. The smallest absolute Gasteiger partial charge is 0.301 e. The van der Waals surface area contributed by atoms with Gasteiger partial charge in [0.25, 0.3) is 0 Å². The van der Waals surface area contributed by atoms with Crippen molar-refractivity contribution in [1.82, 2.24) is 19.9 Å². The highest BCUT2D eigenvalue weighted by Gasteiger charge is 2.11. The third-order valence-electron chi connectivity index (χ3n) is 5.82. The van der Waals surface area contributed by atoms with Crippen molar-refractivity contribution in [3.05, 3.63) is 71.6 Å². The van der Waals surface area contributed by atoms with E-state index in [0.717, 1.165) is 28.6 Å². The van der Waals surface area contributed by atoms with Crippen molar-refractivity contribution in [2.45, 2.75) is 16.7 Å². The van der Waals surface area contributed by atoms with Gasteiger partial charge >= 0.3 is 5.91 Å². The molecule has 1 amide bonds. The van der Waals surface area contributed by atoms with Gasteiger partial charge in [0.15, 0.2) is 0 Å². The number of anilines is 3. The van der Waals surface area contributed by atoms with E-state index < -0.39 is 5.91 Å². The summed E-state index contributed by atoms with van der Waals surface area (Å²) >= 11 is 8.20. The van der Waals surface area contributed by atoms with Crippen molar-refractivity contribution >= 4 is 57.5 Å². The highest BCUT2D eigenvalue weighted by Crippen LogP contribution is 2.36. The summed E-state index contributed by atoms with van der Waals surface area (Å²) in [5.41, 5.74) is 2.63. The zero-order valence-electron chi connectivity index (χ0n) is 20.7. The Kier molecular flexibility index (Phi) is 8.36. The Morgan fingerprint density at radius 1 is 1.11 bits per heavy atom. The van der Waals surface area contributed by atoms with Crippen LogP contribution in [0.2, 0.25) is 5.02 Å². The molecular weight excluding hydrogens is 520 g/mol. The molecule has 0 saturated carbocycles. The average Bonchev–Trinajstić information content (AvgIpc) is 2.92. The van der Waals surface area contributed by atoms with Gasteiger partial charge in [-0.3, -0.25) is 15.0 Å². The number of halogens is 1. The molecule has 0 radical (unpaired) electrons. The van der Waals surface area contributed by atoms with Crippen LogP contribution < -0.4 is 10.6 Å². The van der Waals surface area contributed by atoms with Crippen LogP contribution in [0.1, 0.15) is 5.56 Å². The Bertz CT molecular complexity index is 1510. The lowest BCUT2D eigenvalue weighted by Crippen LogP contribution is -2.36. The number of carbonyl (C=O) groups excluding carboxylic acids is 1. The molecule has 4 aromatic rings. The molecule has 1 aliphatic rings. The number of rotatable bonds is 6. The van der Waals surface area contributed by atoms with Gasteiger partial charge < -0.3 is 10.1 Å². The van der Waals surface area contributed by atoms with Gasteiger partial charge in [0.2, 0.25) is 0 Å². The van der Waals surface area contributed by atoms with Crippen LogP contribution in [0.15, 0.2) is 70.8 Å². The SMILES string of the molecule is Cc1ccc(Sc2ccc(Nc3ncnc4cnc(NC(=O)C#CCN5CCOCC5)cc34)cc2Cl)cc1. The second kappa shape index (κ2) is 12.2. The number of carbonyl (C=O) groups is 1. The zero-order chi connectivity index (χ0) is 26.3. The van der Waals surface area contributed by atoms with Crippen LogP contribution in [0.3, 0.4) is 0 Å². The van der Waals surface area contributed by atoms with Gasteiger partial charge in [-0.05, 0) is 49.2 Å². The van der Waals surface area contributed by atoms with Crippen molar-refractivity contribution in [2.24, 2.45) is 0 Å². The number of ether oxygens (including phenoxy) is 1. The molecule has 1 aliphatic heterocycles. The first-order valence-corrected chi connectivity index (χ1v) is 13.2. The Balaban J connectivity index is 1.28. The molecule has 2 aromatic carbocycles. The maximum atomic E-state index is 12.4. The molecule has 3 heterocycles. The molecule has 0 bridgehead atoms. The lowest BCUT2D eigenvalue weighted by atomic mass is 10.2. The molecule has 38 heavy (non-hydrogen) atoms. The third-order valence-corrected chi connectivity index (χ3v) is 7.32. The van der Waals surface area contributed by atoms with Crippen molar-refractivity contribution in [1.29, 1.82) is 0 Å². The number of pyridine rings is 1. The Hall–Kier alpha value is -3.68. The Labute approximate surface area is 230 Å². The lowest BCUT2D eigenvalue weighted by Gasteiger charge is -2.24. The van der Waals surface area contributed by atoms with Gasteiger partial charge in [0, 0.05) is 34.0 Å². The number of amides is 1. The Morgan fingerprint density at radius 2 is 1.92 bits per heavy atom. The minimum absolute atomic E-state index is 0.365. The van der Waals surface area contributed by atoms with E-state index in [-0.39, 0.29) is 0 Å². The third kappa shape index (κ3) is 6.79. The van der Waals surface area contributed by atoms with Crippen LogP contribution in [0.25, 0.3) is 10.9 Å². The largest absolute Gasteiger partial charge is 0.379 e. The van der Waals surface area contributed by atoms with Crippen LogP contribution in [0, 0.1) is 18.8 Å². The molecule has 0 spiro atoms. The summed E-state index contributed by atoms with van der Waals surface area (Å²) < 4.78 is 5.32. The minimum atomic E-state index is -0.426. The molecular formula is C28H25ClN6O2S. The maximum Gasteiger partial charge on any atom is 0.301 e. The lowest BCUT2D eigenvalue weighted by molar-refractivity contribution is -0.111. The van der Waals surface area contributed by atoms with Crippen molar-refractivity contribution in [2.75, 3.05) is 43.5 Å². The summed E-state index contributed by atoms with van der Waals surface area (Å²) in [7, 11) is 0. The summed E-state index contributed by atoms with van der Waals surface area (Å²) in [6.45, 7) is 5.60. The molecule has 5 rings (SSSR count). The van der Waals surface area contributed by atoms with Crippen molar-refractivity contribution < 1.29 is 9.53 Å². The monoisotopic (exact) mass is 544 g/mol. The van der Waals surface area contributed by atoms with Crippen molar-refractivity contribution in [3.8, 4) is 11.8 Å². The van der Waals surface area contributed by atoms with Crippen molar-refractivity contribution in [3.63, 3.8) is 0 Å². The second-order valence-corrected chi connectivity index (χ2v) is 10.2.